The van der Waals surface area contributed by atoms with E-state index in [2.05, 4.69) is 20.4 Å². The van der Waals surface area contributed by atoms with Crippen LogP contribution in [-0.4, -0.2) is 25.7 Å². The number of amides is 1. The molecular formula is C25H25N5O2. The van der Waals surface area contributed by atoms with Crippen LogP contribution in [0.2, 0.25) is 0 Å². The Morgan fingerprint density at radius 2 is 1.66 bits per heavy atom. The minimum atomic E-state index is -0.151. The van der Waals surface area contributed by atoms with Gasteiger partial charge in [-0.05, 0) is 87.7 Å². The molecule has 2 heterocycles. The molecule has 1 amide bonds. The summed E-state index contributed by atoms with van der Waals surface area (Å²) in [7, 11) is 0. The molecule has 7 heteroatoms. The van der Waals surface area contributed by atoms with Crippen LogP contribution >= 0.6 is 0 Å². The number of nitrogens with zero attached hydrogens (tertiary/aromatic N) is 4. The first-order valence-electron chi connectivity index (χ1n) is 10.3. The quantitative estimate of drug-likeness (QED) is 0.470. The Hall–Kier alpha value is -4.00. The molecule has 0 spiro atoms. The standard InChI is InChI=1S/C25H25N5O2/c1-15-6-7-20(12-16(15)2)25(31)28-21-8-10-22(11-9-21)32-24-13-23(26-14-27-24)30-19(5)17(3)18(4)29-30/h6-14H,1-5H3,(H,28,31). The minimum Gasteiger partial charge on any atom is -0.439 e. The van der Waals surface area contributed by atoms with Gasteiger partial charge in [-0.2, -0.15) is 5.10 Å². The molecule has 0 radical (unpaired) electrons. The molecule has 0 fully saturated rings. The van der Waals surface area contributed by atoms with E-state index in [9.17, 15) is 4.79 Å². The predicted octanol–water partition coefficient (Wildman–Crippen LogP) is 5.25. The van der Waals surface area contributed by atoms with Gasteiger partial charge in [0.25, 0.3) is 5.91 Å². The van der Waals surface area contributed by atoms with E-state index in [4.69, 9.17) is 4.74 Å². The molecule has 0 unspecified atom stereocenters. The first kappa shape index (κ1) is 21.2. The molecule has 0 bridgehead atoms. The SMILES string of the molecule is Cc1ccc(C(=O)Nc2ccc(Oc3cc(-n4nc(C)c(C)c4C)ncn3)cc2)cc1C. The molecule has 2 aromatic carbocycles. The highest BCUT2D eigenvalue weighted by Crippen LogP contribution is 2.24. The normalized spacial score (nSPS) is 10.8. The summed E-state index contributed by atoms with van der Waals surface area (Å²) in [6, 6.07) is 14.6. The summed E-state index contributed by atoms with van der Waals surface area (Å²) in [5.74, 6) is 1.50. The van der Waals surface area contributed by atoms with Crippen LogP contribution in [0.25, 0.3) is 5.82 Å². The Balaban J connectivity index is 1.46. The third kappa shape index (κ3) is 4.37. The lowest BCUT2D eigenvalue weighted by Crippen LogP contribution is -2.12. The third-order valence-electron chi connectivity index (χ3n) is 5.60. The molecule has 0 aliphatic rings. The number of ether oxygens (including phenoxy) is 1. The van der Waals surface area contributed by atoms with Gasteiger partial charge in [-0.1, -0.05) is 6.07 Å². The summed E-state index contributed by atoms with van der Waals surface area (Å²) in [6.07, 6.45) is 1.45. The Bertz CT molecular complexity index is 1290. The Kier molecular flexibility index (Phi) is 5.73. The van der Waals surface area contributed by atoms with E-state index in [1.807, 2.05) is 52.8 Å². The molecule has 4 rings (SSSR count). The van der Waals surface area contributed by atoms with Crippen LogP contribution in [-0.2, 0) is 0 Å². The molecule has 7 nitrogen and oxygen atoms in total. The summed E-state index contributed by atoms with van der Waals surface area (Å²) in [5.41, 5.74) is 6.66. The average molecular weight is 428 g/mol. The second-order valence-corrected chi connectivity index (χ2v) is 7.80. The van der Waals surface area contributed by atoms with Gasteiger partial charge in [-0.3, -0.25) is 4.79 Å². The number of aryl methyl sites for hydroxylation is 3. The van der Waals surface area contributed by atoms with Crippen molar-refractivity contribution in [1.82, 2.24) is 19.7 Å². The molecule has 32 heavy (non-hydrogen) atoms. The lowest BCUT2D eigenvalue weighted by atomic mass is 10.1. The van der Waals surface area contributed by atoms with Gasteiger partial charge in [-0.15, -0.1) is 0 Å². The number of hydrogen-bond acceptors (Lipinski definition) is 5. The van der Waals surface area contributed by atoms with Crippen LogP contribution in [0.4, 0.5) is 5.69 Å². The largest absolute Gasteiger partial charge is 0.439 e. The van der Waals surface area contributed by atoms with Crippen LogP contribution in [0.3, 0.4) is 0 Å². The van der Waals surface area contributed by atoms with Crippen LogP contribution < -0.4 is 10.1 Å². The maximum absolute atomic E-state index is 12.5. The summed E-state index contributed by atoms with van der Waals surface area (Å²) < 4.78 is 7.67. The molecule has 0 aliphatic carbocycles. The van der Waals surface area contributed by atoms with Crippen molar-refractivity contribution in [1.29, 1.82) is 0 Å². The molecule has 0 aliphatic heterocycles. The molecule has 2 aromatic heterocycles. The van der Waals surface area contributed by atoms with Gasteiger partial charge in [-0.25, -0.2) is 14.6 Å². The highest BCUT2D eigenvalue weighted by Gasteiger charge is 2.12. The van der Waals surface area contributed by atoms with E-state index in [1.54, 1.807) is 35.0 Å². The van der Waals surface area contributed by atoms with Gasteiger partial charge in [0.1, 0.15) is 12.1 Å². The average Bonchev–Trinajstić information content (AvgIpc) is 3.04. The zero-order valence-corrected chi connectivity index (χ0v) is 18.8. The van der Waals surface area contributed by atoms with Crippen molar-refractivity contribution in [3.8, 4) is 17.4 Å². The smallest absolute Gasteiger partial charge is 0.255 e. The van der Waals surface area contributed by atoms with E-state index >= 15 is 0 Å². The molecule has 162 valence electrons. The van der Waals surface area contributed by atoms with E-state index in [0.717, 1.165) is 28.1 Å². The van der Waals surface area contributed by atoms with Crippen LogP contribution in [0.5, 0.6) is 11.6 Å². The minimum absolute atomic E-state index is 0.151. The Morgan fingerprint density at radius 3 is 2.31 bits per heavy atom. The second-order valence-electron chi connectivity index (χ2n) is 7.80. The fourth-order valence-corrected chi connectivity index (χ4v) is 3.26. The lowest BCUT2D eigenvalue weighted by Gasteiger charge is -2.09. The van der Waals surface area contributed by atoms with Crippen molar-refractivity contribution in [3.63, 3.8) is 0 Å². The number of benzene rings is 2. The van der Waals surface area contributed by atoms with Gasteiger partial charge in [0, 0.05) is 23.0 Å². The maximum Gasteiger partial charge on any atom is 0.255 e. The van der Waals surface area contributed by atoms with Gasteiger partial charge in [0.2, 0.25) is 5.88 Å². The van der Waals surface area contributed by atoms with Crippen LogP contribution in [0.1, 0.15) is 38.4 Å². The number of rotatable bonds is 5. The number of carbonyl (C=O) groups is 1. The van der Waals surface area contributed by atoms with E-state index in [0.29, 0.717) is 28.7 Å². The monoisotopic (exact) mass is 427 g/mol. The van der Waals surface area contributed by atoms with Crippen molar-refractivity contribution in [2.75, 3.05) is 5.32 Å². The molecule has 4 aromatic rings. The van der Waals surface area contributed by atoms with Crippen molar-refractivity contribution in [2.24, 2.45) is 0 Å². The van der Waals surface area contributed by atoms with Crippen LogP contribution in [0, 0.1) is 34.6 Å². The number of carbonyl (C=O) groups excluding carboxylic acids is 1. The third-order valence-corrected chi connectivity index (χ3v) is 5.60. The van der Waals surface area contributed by atoms with Gasteiger partial charge in [0.15, 0.2) is 5.82 Å². The topological polar surface area (TPSA) is 81.9 Å². The van der Waals surface area contributed by atoms with Crippen molar-refractivity contribution in [2.45, 2.75) is 34.6 Å². The highest BCUT2D eigenvalue weighted by molar-refractivity contribution is 6.04. The molecular weight excluding hydrogens is 402 g/mol. The zero-order chi connectivity index (χ0) is 22.8. The number of anilines is 1. The van der Waals surface area contributed by atoms with E-state index < -0.39 is 0 Å². The first-order valence-corrected chi connectivity index (χ1v) is 10.3. The molecule has 0 atom stereocenters. The zero-order valence-electron chi connectivity index (χ0n) is 18.8. The molecule has 0 saturated heterocycles. The summed E-state index contributed by atoms with van der Waals surface area (Å²) in [4.78, 5) is 21.0. The second kappa shape index (κ2) is 8.63. The van der Waals surface area contributed by atoms with E-state index in [1.165, 1.54) is 6.33 Å². The number of nitrogens with one attached hydrogen (secondary N) is 1. The van der Waals surface area contributed by atoms with Crippen molar-refractivity contribution in [3.05, 3.63) is 88.5 Å². The first-order chi connectivity index (χ1) is 15.3. The number of hydrogen-bond donors (Lipinski definition) is 1. The molecule has 0 saturated carbocycles. The maximum atomic E-state index is 12.5. The van der Waals surface area contributed by atoms with Gasteiger partial charge >= 0.3 is 0 Å². The van der Waals surface area contributed by atoms with Crippen molar-refractivity contribution < 1.29 is 9.53 Å². The molecule has 1 N–H and O–H groups in total. The van der Waals surface area contributed by atoms with Gasteiger partial charge in [0.05, 0.1) is 5.69 Å². The summed E-state index contributed by atoms with van der Waals surface area (Å²) in [5, 5.41) is 7.44. The Labute approximate surface area is 187 Å². The van der Waals surface area contributed by atoms with Crippen molar-refractivity contribution >= 4 is 11.6 Å². The summed E-state index contributed by atoms with van der Waals surface area (Å²) >= 11 is 0. The van der Waals surface area contributed by atoms with Crippen LogP contribution in [0.15, 0.2) is 54.9 Å². The predicted molar refractivity (Wildman–Crippen MR) is 124 cm³/mol. The van der Waals surface area contributed by atoms with Gasteiger partial charge < -0.3 is 10.1 Å². The number of aromatic nitrogens is 4. The fourth-order valence-electron chi connectivity index (χ4n) is 3.26. The lowest BCUT2D eigenvalue weighted by molar-refractivity contribution is 0.102. The Morgan fingerprint density at radius 1 is 0.906 bits per heavy atom. The fraction of sp³-hybridized carbons (Fsp3) is 0.200. The van der Waals surface area contributed by atoms with E-state index in [-0.39, 0.29) is 5.91 Å². The highest BCUT2D eigenvalue weighted by atomic mass is 16.5. The summed E-state index contributed by atoms with van der Waals surface area (Å²) in [6.45, 7) is 10.0.